The molecule has 0 aliphatic carbocycles. The highest BCUT2D eigenvalue weighted by Crippen LogP contribution is 2.30. The van der Waals surface area contributed by atoms with Gasteiger partial charge in [-0.1, -0.05) is 33.1 Å². The van der Waals surface area contributed by atoms with Crippen LogP contribution in [0.25, 0.3) is 0 Å². The van der Waals surface area contributed by atoms with Gasteiger partial charge in [-0.2, -0.15) is 0 Å². The number of carboxylic acids is 1. The van der Waals surface area contributed by atoms with Gasteiger partial charge < -0.3 is 5.11 Å². The molecule has 0 amide bonds. The summed E-state index contributed by atoms with van der Waals surface area (Å²) in [6, 6.07) is 0. The second-order valence-electron chi connectivity index (χ2n) is 4.42. The molecule has 0 bridgehead atoms. The Labute approximate surface area is 81.3 Å². The average molecular weight is 186 g/mol. The van der Waals surface area contributed by atoms with Crippen LogP contribution in [-0.2, 0) is 4.79 Å². The molecule has 0 saturated heterocycles. The van der Waals surface area contributed by atoms with E-state index in [1.54, 1.807) is 0 Å². The highest BCUT2D eigenvalue weighted by molar-refractivity contribution is 5.73. The van der Waals surface area contributed by atoms with E-state index < -0.39 is 11.4 Å². The third-order valence-electron chi connectivity index (χ3n) is 3.02. The van der Waals surface area contributed by atoms with Crippen molar-refractivity contribution in [3.05, 3.63) is 0 Å². The Morgan fingerprint density at radius 3 is 2.31 bits per heavy atom. The first-order chi connectivity index (χ1) is 5.92. The zero-order valence-corrected chi connectivity index (χ0v) is 9.26. The lowest BCUT2D eigenvalue weighted by Gasteiger charge is -2.27. The minimum absolute atomic E-state index is 0.261. The van der Waals surface area contributed by atoms with Crippen molar-refractivity contribution in [1.29, 1.82) is 0 Å². The summed E-state index contributed by atoms with van der Waals surface area (Å²) in [5, 5.41) is 8.97. The molecule has 13 heavy (non-hydrogen) atoms. The summed E-state index contributed by atoms with van der Waals surface area (Å²) in [5.41, 5.74) is -0.576. The smallest absolute Gasteiger partial charge is 0.309 e. The largest absolute Gasteiger partial charge is 0.481 e. The van der Waals surface area contributed by atoms with E-state index in [4.69, 9.17) is 5.11 Å². The van der Waals surface area contributed by atoms with E-state index >= 15 is 0 Å². The number of aliphatic carboxylic acids is 1. The monoisotopic (exact) mass is 186 g/mol. The third-order valence-corrected chi connectivity index (χ3v) is 3.02. The fourth-order valence-electron chi connectivity index (χ4n) is 1.27. The molecule has 0 heterocycles. The van der Waals surface area contributed by atoms with Crippen LogP contribution in [-0.4, -0.2) is 11.1 Å². The normalized spacial score (nSPS) is 14.2. The van der Waals surface area contributed by atoms with Crippen LogP contribution in [0.5, 0.6) is 0 Å². The van der Waals surface area contributed by atoms with Crippen LogP contribution in [0.15, 0.2) is 0 Å². The molecule has 0 aromatic heterocycles. The van der Waals surface area contributed by atoms with Crippen LogP contribution in [0.2, 0.25) is 0 Å². The standard InChI is InChI=1S/C11H22O2/c1-5-6-7-8-9(2)11(3,4)10(12)13/h9H,5-8H2,1-4H3,(H,12,13). The van der Waals surface area contributed by atoms with E-state index in [-0.39, 0.29) is 5.92 Å². The molecule has 0 rings (SSSR count). The van der Waals surface area contributed by atoms with E-state index in [1.165, 1.54) is 12.8 Å². The van der Waals surface area contributed by atoms with Gasteiger partial charge in [-0.15, -0.1) is 0 Å². The lowest BCUT2D eigenvalue weighted by molar-refractivity contribution is -0.149. The summed E-state index contributed by atoms with van der Waals surface area (Å²) >= 11 is 0. The lowest BCUT2D eigenvalue weighted by atomic mass is 9.77. The average Bonchev–Trinajstić information content (AvgIpc) is 2.04. The molecule has 0 fully saturated rings. The van der Waals surface area contributed by atoms with Crippen molar-refractivity contribution >= 4 is 5.97 Å². The zero-order chi connectivity index (χ0) is 10.5. The van der Waals surface area contributed by atoms with Crippen LogP contribution < -0.4 is 0 Å². The molecule has 0 aliphatic rings. The van der Waals surface area contributed by atoms with Gasteiger partial charge in [0.25, 0.3) is 0 Å². The molecule has 0 saturated carbocycles. The second-order valence-corrected chi connectivity index (χ2v) is 4.42. The van der Waals surface area contributed by atoms with Gasteiger partial charge in [-0.05, 0) is 26.2 Å². The first-order valence-electron chi connectivity index (χ1n) is 5.16. The van der Waals surface area contributed by atoms with Crippen molar-refractivity contribution in [2.45, 2.75) is 53.4 Å². The van der Waals surface area contributed by atoms with Gasteiger partial charge in [-0.3, -0.25) is 4.79 Å². The van der Waals surface area contributed by atoms with E-state index in [9.17, 15) is 4.79 Å². The first kappa shape index (κ1) is 12.5. The SMILES string of the molecule is CCCCCC(C)C(C)(C)C(=O)O. The van der Waals surface area contributed by atoms with Crippen molar-refractivity contribution in [3.8, 4) is 0 Å². The molecule has 1 N–H and O–H groups in total. The summed E-state index contributed by atoms with van der Waals surface area (Å²) in [7, 11) is 0. The van der Waals surface area contributed by atoms with Crippen molar-refractivity contribution in [3.63, 3.8) is 0 Å². The number of hydrogen-bond donors (Lipinski definition) is 1. The van der Waals surface area contributed by atoms with E-state index in [2.05, 4.69) is 6.92 Å². The molecule has 1 unspecified atom stereocenters. The predicted molar refractivity (Wildman–Crippen MR) is 54.7 cm³/mol. The van der Waals surface area contributed by atoms with Crippen molar-refractivity contribution < 1.29 is 9.90 Å². The predicted octanol–water partition coefficient (Wildman–Crippen LogP) is 3.31. The molecule has 0 aliphatic heterocycles. The lowest BCUT2D eigenvalue weighted by Crippen LogP contribution is -2.31. The van der Waals surface area contributed by atoms with Crippen molar-refractivity contribution in [2.24, 2.45) is 11.3 Å². The Kier molecular flexibility index (Phi) is 5.04. The van der Waals surface area contributed by atoms with E-state index in [0.717, 1.165) is 12.8 Å². The summed E-state index contributed by atoms with van der Waals surface area (Å²) < 4.78 is 0. The zero-order valence-electron chi connectivity index (χ0n) is 9.26. The van der Waals surface area contributed by atoms with Crippen LogP contribution in [0.4, 0.5) is 0 Å². The summed E-state index contributed by atoms with van der Waals surface area (Å²) in [6.45, 7) is 7.81. The first-order valence-corrected chi connectivity index (χ1v) is 5.16. The van der Waals surface area contributed by atoms with E-state index in [0.29, 0.717) is 0 Å². The van der Waals surface area contributed by atoms with Crippen LogP contribution >= 0.6 is 0 Å². The van der Waals surface area contributed by atoms with Crippen molar-refractivity contribution in [2.75, 3.05) is 0 Å². The fraction of sp³-hybridized carbons (Fsp3) is 0.909. The van der Waals surface area contributed by atoms with Crippen molar-refractivity contribution in [1.82, 2.24) is 0 Å². The Hall–Kier alpha value is -0.530. The minimum atomic E-state index is -0.684. The minimum Gasteiger partial charge on any atom is -0.481 e. The molecular weight excluding hydrogens is 164 g/mol. The number of unbranched alkanes of at least 4 members (excludes halogenated alkanes) is 2. The van der Waals surface area contributed by atoms with E-state index in [1.807, 2.05) is 20.8 Å². The quantitative estimate of drug-likeness (QED) is 0.646. The fourth-order valence-corrected chi connectivity index (χ4v) is 1.27. The Balaban J connectivity index is 3.94. The summed E-state index contributed by atoms with van der Waals surface area (Å²) in [5.74, 6) is -0.423. The highest BCUT2D eigenvalue weighted by Gasteiger charge is 2.32. The number of rotatable bonds is 6. The maximum Gasteiger partial charge on any atom is 0.309 e. The van der Waals surface area contributed by atoms with Gasteiger partial charge in [0.1, 0.15) is 0 Å². The Morgan fingerprint density at radius 2 is 1.92 bits per heavy atom. The molecule has 2 nitrogen and oxygen atoms in total. The third kappa shape index (κ3) is 3.79. The molecule has 2 heteroatoms. The second kappa shape index (κ2) is 5.25. The summed E-state index contributed by atoms with van der Waals surface area (Å²) in [6.07, 6.45) is 4.57. The number of carbonyl (C=O) groups is 1. The maximum absolute atomic E-state index is 10.9. The topological polar surface area (TPSA) is 37.3 Å². The Morgan fingerprint density at radius 1 is 1.38 bits per heavy atom. The van der Waals surface area contributed by atoms with Gasteiger partial charge in [0.05, 0.1) is 5.41 Å². The van der Waals surface area contributed by atoms with Gasteiger partial charge in [0, 0.05) is 0 Å². The van der Waals surface area contributed by atoms with Gasteiger partial charge in [-0.25, -0.2) is 0 Å². The van der Waals surface area contributed by atoms with Gasteiger partial charge in [0.2, 0.25) is 0 Å². The summed E-state index contributed by atoms with van der Waals surface area (Å²) in [4.78, 5) is 10.9. The van der Waals surface area contributed by atoms with Crippen LogP contribution in [0.3, 0.4) is 0 Å². The molecular formula is C11H22O2. The maximum atomic E-state index is 10.9. The molecule has 0 radical (unpaired) electrons. The molecule has 1 atom stereocenters. The molecule has 0 aromatic carbocycles. The Bertz CT molecular complexity index is 161. The number of carboxylic acid groups (broad SMARTS) is 1. The highest BCUT2D eigenvalue weighted by atomic mass is 16.4. The van der Waals surface area contributed by atoms with Crippen LogP contribution in [0.1, 0.15) is 53.4 Å². The van der Waals surface area contributed by atoms with Gasteiger partial charge >= 0.3 is 5.97 Å². The molecule has 0 aromatic rings. The molecule has 78 valence electrons. The molecule has 0 spiro atoms. The van der Waals surface area contributed by atoms with Gasteiger partial charge in [0.15, 0.2) is 0 Å². The number of hydrogen-bond acceptors (Lipinski definition) is 1. The van der Waals surface area contributed by atoms with Crippen LogP contribution in [0, 0.1) is 11.3 Å².